The number of carbonyl (C=O) groups is 1. The first-order valence-electron chi connectivity index (χ1n) is 7.39. The Labute approximate surface area is 141 Å². The highest BCUT2D eigenvalue weighted by atomic mass is 32.2. The number of sulfonamides is 1. The molecule has 0 aliphatic rings. The summed E-state index contributed by atoms with van der Waals surface area (Å²) in [6, 6.07) is 13.2. The van der Waals surface area contributed by atoms with E-state index in [9.17, 15) is 13.2 Å². The molecule has 2 aromatic rings. The van der Waals surface area contributed by atoms with Gasteiger partial charge in [-0.1, -0.05) is 0 Å². The van der Waals surface area contributed by atoms with Crippen LogP contribution in [0.2, 0.25) is 0 Å². The van der Waals surface area contributed by atoms with Crippen molar-refractivity contribution in [2.45, 2.75) is 19.1 Å². The van der Waals surface area contributed by atoms with Crippen LogP contribution in [0.15, 0.2) is 48.5 Å². The van der Waals surface area contributed by atoms with Crippen molar-refractivity contribution in [2.75, 3.05) is 17.1 Å². The predicted octanol–water partition coefficient (Wildman–Crippen LogP) is 3.10. The quantitative estimate of drug-likeness (QED) is 0.840. The summed E-state index contributed by atoms with van der Waals surface area (Å²) in [5.74, 6) is 0.424. The van der Waals surface area contributed by atoms with Gasteiger partial charge in [-0.3, -0.25) is 9.52 Å². The third-order valence-corrected chi connectivity index (χ3v) is 5.14. The molecule has 0 atom stereocenters. The minimum Gasteiger partial charge on any atom is -0.497 e. The molecule has 0 aliphatic heterocycles. The SMILES string of the molecule is COc1ccc(NC(=O)c2ccc(NS(=O)(=O)C(C)C)cc2)cc1. The van der Waals surface area contributed by atoms with Gasteiger partial charge < -0.3 is 10.1 Å². The van der Waals surface area contributed by atoms with Crippen molar-refractivity contribution in [2.24, 2.45) is 0 Å². The Morgan fingerprint density at radius 3 is 2.00 bits per heavy atom. The Kier molecular flexibility index (Phi) is 5.46. The number of anilines is 2. The third-order valence-electron chi connectivity index (χ3n) is 3.38. The van der Waals surface area contributed by atoms with Crippen LogP contribution in [0.5, 0.6) is 5.75 Å². The molecule has 0 saturated heterocycles. The van der Waals surface area contributed by atoms with Crippen molar-refractivity contribution in [1.82, 2.24) is 0 Å². The fourth-order valence-electron chi connectivity index (χ4n) is 1.85. The van der Waals surface area contributed by atoms with Crippen LogP contribution in [0, 0.1) is 0 Å². The lowest BCUT2D eigenvalue weighted by Gasteiger charge is -2.11. The maximum absolute atomic E-state index is 12.2. The van der Waals surface area contributed by atoms with Crippen LogP contribution in [-0.4, -0.2) is 26.7 Å². The molecular weight excluding hydrogens is 328 g/mol. The summed E-state index contributed by atoms with van der Waals surface area (Å²) in [6.07, 6.45) is 0. The third kappa shape index (κ3) is 4.48. The highest BCUT2D eigenvalue weighted by Gasteiger charge is 2.15. The van der Waals surface area contributed by atoms with E-state index in [-0.39, 0.29) is 5.91 Å². The van der Waals surface area contributed by atoms with E-state index in [1.807, 2.05) is 0 Å². The van der Waals surface area contributed by atoms with Crippen LogP contribution in [0.3, 0.4) is 0 Å². The van der Waals surface area contributed by atoms with Gasteiger partial charge in [-0.25, -0.2) is 8.42 Å². The average Bonchev–Trinajstić information content (AvgIpc) is 2.55. The molecule has 0 saturated carbocycles. The maximum Gasteiger partial charge on any atom is 0.255 e. The number of carbonyl (C=O) groups excluding carboxylic acids is 1. The van der Waals surface area contributed by atoms with Crippen molar-refractivity contribution in [3.05, 3.63) is 54.1 Å². The Morgan fingerprint density at radius 2 is 1.50 bits per heavy atom. The minimum atomic E-state index is -3.40. The van der Waals surface area contributed by atoms with Gasteiger partial charge >= 0.3 is 0 Å². The molecule has 128 valence electrons. The second-order valence-electron chi connectivity index (χ2n) is 5.46. The van der Waals surface area contributed by atoms with Crippen molar-refractivity contribution >= 4 is 27.3 Å². The Hall–Kier alpha value is -2.54. The second kappa shape index (κ2) is 7.35. The molecule has 0 heterocycles. The van der Waals surface area contributed by atoms with Crippen LogP contribution in [0.25, 0.3) is 0 Å². The number of ether oxygens (including phenoxy) is 1. The fourth-order valence-corrected chi connectivity index (χ4v) is 2.55. The van der Waals surface area contributed by atoms with E-state index in [2.05, 4.69) is 10.0 Å². The molecule has 0 unspecified atom stereocenters. The monoisotopic (exact) mass is 348 g/mol. The van der Waals surface area contributed by atoms with Crippen LogP contribution in [0.1, 0.15) is 24.2 Å². The van der Waals surface area contributed by atoms with Crippen LogP contribution >= 0.6 is 0 Å². The van der Waals surface area contributed by atoms with E-state index >= 15 is 0 Å². The minimum absolute atomic E-state index is 0.279. The number of hydrogen-bond donors (Lipinski definition) is 2. The van der Waals surface area contributed by atoms with Gasteiger partial charge in [0.1, 0.15) is 5.75 Å². The summed E-state index contributed by atoms with van der Waals surface area (Å²) in [5.41, 5.74) is 1.49. The Bertz CT molecular complexity index is 797. The van der Waals surface area contributed by atoms with E-state index in [1.165, 1.54) is 0 Å². The highest BCUT2D eigenvalue weighted by molar-refractivity contribution is 7.93. The summed E-state index contributed by atoms with van der Waals surface area (Å²) in [6.45, 7) is 3.19. The largest absolute Gasteiger partial charge is 0.497 e. The normalized spacial score (nSPS) is 11.2. The summed E-state index contributed by atoms with van der Waals surface area (Å²) in [5, 5.41) is 2.23. The number of nitrogens with one attached hydrogen (secondary N) is 2. The lowest BCUT2D eigenvalue weighted by molar-refractivity contribution is 0.102. The molecule has 0 radical (unpaired) electrons. The van der Waals surface area contributed by atoms with E-state index in [1.54, 1.807) is 69.5 Å². The van der Waals surface area contributed by atoms with Crippen molar-refractivity contribution < 1.29 is 17.9 Å². The fraction of sp³-hybridized carbons (Fsp3) is 0.235. The number of hydrogen-bond acceptors (Lipinski definition) is 4. The van der Waals surface area contributed by atoms with Gasteiger partial charge in [-0.15, -0.1) is 0 Å². The van der Waals surface area contributed by atoms with Crippen LogP contribution < -0.4 is 14.8 Å². The first-order chi connectivity index (χ1) is 11.3. The molecule has 0 fully saturated rings. The Morgan fingerprint density at radius 1 is 0.958 bits per heavy atom. The maximum atomic E-state index is 12.2. The van der Waals surface area contributed by atoms with Gasteiger partial charge in [0.05, 0.1) is 12.4 Å². The highest BCUT2D eigenvalue weighted by Crippen LogP contribution is 2.17. The van der Waals surface area contributed by atoms with Crippen LogP contribution in [0.4, 0.5) is 11.4 Å². The molecular formula is C17H20N2O4S. The molecule has 24 heavy (non-hydrogen) atoms. The van der Waals surface area contributed by atoms with Gasteiger partial charge in [-0.2, -0.15) is 0 Å². The molecule has 0 aliphatic carbocycles. The zero-order valence-corrected chi connectivity index (χ0v) is 14.6. The number of rotatable bonds is 6. The number of benzene rings is 2. The molecule has 7 heteroatoms. The van der Waals surface area contributed by atoms with E-state index in [0.29, 0.717) is 22.7 Å². The molecule has 0 aromatic heterocycles. The second-order valence-corrected chi connectivity index (χ2v) is 7.69. The average molecular weight is 348 g/mol. The van der Waals surface area contributed by atoms with Gasteiger partial charge in [0, 0.05) is 16.9 Å². The van der Waals surface area contributed by atoms with Crippen LogP contribution in [-0.2, 0) is 10.0 Å². The number of amides is 1. The zero-order chi connectivity index (χ0) is 17.7. The summed E-state index contributed by atoms with van der Waals surface area (Å²) >= 11 is 0. The topological polar surface area (TPSA) is 84.5 Å². The zero-order valence-electron chi connectivity index (χ0n) is 13.7. The molecule has 2 rings (SSSR count). The van der Waals surface area contributed by atoms with E-state index < -0.39 is 15.3 Å². The standard InChI is InChI=1S/C17H20N2O4S/c1-12(2)24(21,22)19-15-6-4-13(5-7-15)17(20)18-14-8-10-16(23-3)11-9-14/h4-12,19H,1-3H3,(H,18,20). The predicted molar refractivity (Wildman–Crippen MR) is 95.1 cm³/mol. The molecule has 2 N–H and O–H groups in total. The molecule has 6 nitrogen and oxygen atoms in total. The lowest BCUT2D eigenvalue weighted by atomic mass is 10.2. The van der Waals surface area contributed by atoms with Gasteiger partial charge in [-0.05, 0) is 62.4 Å². The van der Waals surface area contributed by atoms with Gasteiger partial charge in [0.25, 0.3) is 5.91 Å². The first-order valence-corrected chi connectivity index (χ1v) is 8.93. The summed E-state index contributed by atoms with van der Waals surface area (Å²) in [4.78, 5) is 12.2. The van der Waals surface area contributed by atoms with E-state index in [4.69, 9.17) is 4.74 Å². The molecule has 0 bridgehead atoms. The van der Waals surface area contributed by atoms with Gasteiger partial charge in [0.15, 0.2) is 0 Å². The lowest BCUT2D eigenvalue weighted by Crippen LogP contribution is -2.22. The first kappa shape index (κ1) is 17.8. The van der Waals surface area contributed by atoms with Crippen molar-refractivity contribution in [3.8, 4) is 5.75 Å². The number of methoxy groups -OCH3 is 1. The van der Waals surface area contributed by atoms with Gasteiger partial charge in [0.2, 0.25) is 10.0 Å². The molecule has 1 amide bonds. The summed E-state index contributed by atoms with van der Waals surface area (Å²) < 4.78 is 31.2. The smallest absolute Gasteiger partial charge is 0.255 e. The summed E-state index contributed by atoms with van der Waals surface area (Å²) in [7, 11) is -1.83. The van der Waals surface area contributed by atoms with Crippen molar-refractivity contribution in [1.29, 1.82) is 0 Å². The molecule has 0 spiro atoms. The van der Waals surface area contributed by atoms with Crippen molar-refractivity contribution in [3.63, 3.8) is 0 Å². The molecule has 2 aromatic carbocycles. The van der Waals surface area contributed by atoms with E-state index in [0.717, 1.165) is 0 Å². The Balaban J connectivity index is 2.05.